The molecule has 0 spiro atoms. The first-order valence-corrected chi connectivity index (χ1v) is 12.9. The number of nitriles is 1. The summed E-state index contributed by atoms with van der Waals surface area (Å²) in [4.78, 5) is 29.1. The van der Waals surface area contributed by atoms with E-state index in [-0.39, 0.29) is 30.8 Å². The molecular formula is C28H29N5O6S. The lowest BCUT2D eigenvalue weighted by Gasteiger charge is -2.12. The minimum atomic E-state index is -0.366. The number of hydrazone groups is 1. The maximum absolute atomic E-state index is 12.3. The number of hydrogen-bond acceptors (Lipinski definition) is 10. The van der Waals surface area contributed by atoms with Gasteiger partial charge in [0.25, 0.3) is 5.91 Å². The SMILES string of the molecule is COCc1cc(C)nc(SCC(=O)N/N=C/c2ccc(OCC(=O)Nc3ccccc3OC)c(OC)c2)c1C#N. The fourth-order valence-corrected chi connectivity index (χ4v) is 4.37. The largest absolute Gasteiger partial charge is 0.495 e. The smallest absolute Gasteiger partial charge is 0.262 e. The molecule has 1 heterocycles. The molecule has 0 fully saturated rings. The van der Waals surface area contributed by atoms with Gasteiger partial charge in [-0.05, 0) is 54.4 Å². The normalized spacial score (nSPS) is 10.6. The third kappa shape index (κ3) is 8.45. The van der Waals surface area contributed by atoms with E-state index >= 15 is 0 Å². The number of rotatable bonds is 13. The van der Waals surface area contributed by atoms with Crippen LogP contribution in [0.1, 0.15) is 22.4 Å². The molecule has 0 saturated carbocycles. The fourth-order valence-electron chi connectivity index (χ4n) is 3.51. The van der Waals surface area contributed by atoms with E-state index < -0.39 is 0 Å². The quantitative estimate of drug-likeness (QED) is 0.181. The number of nitrogens with one attached hydrogen (secondary N) is 2. The summed E-state index contributed by atoms with van der Waals surface area (Å²) in [5.41, 5.74) is 5.46. The Morgan fingerprint density at radius 3 is 2.55 bits per heavy atom. The number of carbonyl (C=O) groups is 2. The lowest BCUT2D eigenvalue weighted by atomic mass is 10.1. The Kier molecular flexibility index (Phi) is 11.3. The summed E-state index contributed by atoms with van der Waals surface area (Å²) in [5, 5.41) is 16.7. The van der Waals surface area contributed by atoms with E-state index in [0.29, 0.717) is 39.1 Å². The van der Waals surface area contributed by atoms with Crippen LogP contribution in [0, 0.1) is 18.3 Å². The average Bonchev–Trinajstić information content (AvgIpc) is 2.95. The number of methoxy groups -OCH3 is 3. The zero-order valence-electron chi connectivity index (χ0n) is 22.5. The lowest BCUT2D eigenvalue weighted by Crippen LogP contribution is -2.20. The molecule has 40 heavy (non-hydrogen) atoms. The topological polar surface area (TPSA) is 144 Å². The number of carbonyl (C=O) groups excluding carboxylic acids is 2. The molecule has 11 nitrogen and oxygen atoms in total. The van der Waals surface area contributed by atoms with E-state index in [4.69, 9.17) is 18.9 Å². The zero-order valence-corrected chi connectivity index (χ0v) is 23.3. The van der Waals surface area contributed by atoms with Crippen molar-refractivity contribution in [3.05, 3.63) is 70.9 Å². The first kappa shape index (κ1) is 29.9. The molecule has 3 aromatic rings. The molecule has 0 saturated heterocycles. The summed E-state index contributed by atoms with van der Waals surface area (Å²) in [6.07, 6.45) is 1.45. The van der Waals surface area contributed by atoms with Crippen LogP contribution in [0.25, 0.3) is 0 Å². The number of amides is 2. The molecule has 0 radical (unpaired) electrons. The van der Waals surface area contributed by atoms with Crippen LogP contribution in [-0.2, 0) is 20.9 Å². The van der Waals surface area contributed by atoms with Gasteiger partial charge in [0, 0.05) is 12.8 Å². The molecule has 1 aromatic heterocycles. The highest BCUT2D eigenvalue weighted by molar-refractivity contribution is 8.00. The van der Waals surface area contributed by atoms with E-state index in [9.17, 15) is 14.9 Å². The molecule has 12 heteroatoms. The predicted molar refractivity (Wildman–Crippen MR) is 151 cm³/mol. The Morgan fingerprint density at radius 1 is 1.05 bits per heavy atom. The van der Waals surface area contributed by atoms with Crippen molar-refractivity contribution in [2.24, 2.45) is 5.10 Å². The number of ether oxygens (including phenoxy) is 4. The highest BCUT2D eigenvalue weighted by Crippen LogP contribution is 2.28. The van der Waals surface area contributed by atoms with Crippen molar-refractivity contribution < 1.29 is 28.5 Å². The van der Waals surface area contributed by atoms with E-state index in [0.717, 1.165) is 23.0 Å². The first-order chi connectivity index (χ1) is 19.4. The van der Waals surface area contributed by atoms with Crippen molar-refractivity contribution in [1.82, 2.24) is 10.4 Å². The Bertz CT molecular complexity index is 1420. The van der Waals surface area contributed by atoms with Crippen molar-refractivity contribution in [2.45, 2.75) is 18.6 Å². The molecule has 2 aromatic carbocycles. The average molecular weight is 564 g/mol. The van der Waals surface area contributed by atoms with Gasteiger partial charge in [-0.3, -0.25) is 9.59 Å². The Balaban J connectivity index is 1.54. The van der Waals surface area contributed by atoms with Gasteiger partial charge in [0.15, 0.2) is 18.1 Å². The van der Waals surface area contributed by atoms with Crippen LogP contribution in [0.5, 0.6) is 17.2 Å². The molecule has 0 atom stereocenters. The minimum absolute atomic E-state index is 0.0158. The molecule has 2 N–H and O–H groups in total. The number of hydrogen-bond donors (Lipinski definition) is 2. The van der Waals surface area contributed by atoms with E-state index in [1.165, 1.54) is 20.4 Å². The van der Waals surface area contributed by atoms with E-state index in [1.54, 1.807) is 55.6 Å². The first-order valence-electron chi connectivity index (χ1n) is 12.0. The third-order valence-electron chi connectivity index (χ3n) is 5.28. The summed E-state index contributed by atoms with van der Waals surface area (Å²) in [5.74, 6) is 0.573. The third-order valence-corrected chi connectivity index (χ3v) is 6.25. The Morgan fingerprint density at radius 2 is 1.82 bits per heavy atom. The molecule has 0 unspecified atom stereocenters. The molecule has 2 amide bonds. The van der Waals surface area contributed by atoms with Crippen LogP contribution in [0.4, 0.5) is 5.69 Å². The maximum atomic E-state index is 12.3. The molecule has 0 aliphatic heterocycles. The second-order valence-corrected chi connectivity index (χ2v) is 9.14. The van der Waals surface area contributed by atoms with Crippen LogP contribution in [-0.4, -0.2) is 56.7 Å². The molecule has 0 aliphatic carbocycles. The fraction of sp³-hybridized carbons (Fsp3) is 0.250. The van der Waals surface area contributed by atoms with Crippen LogP contribution in [0.2, 0.25) is 0 Å². The van der Waals surface area contributed by atoms with Crippen molar-refractivity contribution >= 4 is 35.5 Å². The molecule has 0 bridgehead atoms. The molecular weight excluding hydrogens is 534 g/mol. The van der Waals surface area contributed by atoms with Gasteiger partial charge >= 0.3 is 0 Å². The van der Waals surface area contributed by atoms with Crippen molar-refractivity contribution in [3.8, 4) is 23.3 Å². The van der Waals surface area contributed by atoms with Crippen LogP contribution in [0.15, 0.2) is 58.7 Å². The second-order valence-electron chi connectivity index (χ2n) is 8.18. The van der Waals surface area contributed by atoms with Crippen molar-refractivity contribution in [1.29, 1.82) is 5.26 Å². The number of pyridine rings is 1. The zero-order chi connectivity index (χ0) is 28.9. The van der Waals surface area contributed by atoms with Gasteiger partial charge < -0.3 is 24.3 Å². The van der Waals surface area contributed by atoms with Crippen LogP contribution in [0.3, 0.4) is 0 Å². The van der Waals surface area contributed by atoms with Gasteiger partial charge in [0.2, 0.25) is 5.91 Å². The summed E-state index contributed by atoms with van der Waals surface area (Å²) in [6, 6.07) is 16.0. The number of anilines is 1. The van der Waals surface area contributed by atoms with Gasteiger partial charge in [0.1, 0.15) is 16.8 Å². The number of benzene rings is 2. The van der Waals surface area contributed by atoms with Gasteiger partial charge in [-0.2, -0.15) is 10.4 Å². The van der Waals surface area contributed by atoms with Gasteiger partial charge in [0.05, 0.1) is 44.0 Å². The second kappa shape index (κ2) is 15.1. The standard InChI is InChI=1S/C28H29N5O6S/c1-18-11-20(15-36-2)21(13-29)28(31-18)40-17-27(35)33-30-14-19-9-10-24(25(12-19)38-4)39-16-26(34)32-22-7-5-6-8-23(22)37-3/h5-12,14H,15-17H2,1-4H3,(H,32,34)(H,33,35)/b30-14+. The lowest BCUT2D eigenvalue weighted by molar-refractivity contribution is -0.119. The number of nitrogens with zero attached hydrogens (tertiary/aromatic N) is 3. The van der Waals surface area contributed by atoms with E-state index in [1.807, 2.05) is 6.92 Å². The van der Waals surface area contributed by atoms with Crippen LogP contribution < -0.4 is 25.0 Å². The number of aryl methyl sites for hydroxylation is 1. The Labute approximate surface area is 236 Å². The maximum Gasteiger partial charge on any atom is 0.262 e. The Hall–Kier alpha value is -4.60. The predicted octanol–water partition coefficient (Wildman–Crippen LogP) is 3.69. The summed E-state index contributed by atoms with van der Waals surface area (Å²) in [6.45, 7) is 1.85. The molecule has 208 valence electrons. The van der Waals surface area contributed by atoms with Crippen molar-refractivity contribution in [3.63, 3.8) is 0 Å². The number of para-hydroxylation sites is 2. The highest BCUT2D eigenvalue weighted by Gasteiger charge is 2.14. The van der Waals surface area contributed by atoms with Gasteiger partial charge in [-0.15, -0.1) is 0 Å². The minimum Gasteiger partial charge on any atom is -0.495 e. The summed E-state index contributed by atoms with van der Waals surface area (Å²) < 4.78 is 21.4. The summed E-state index contributed by atoms with van der Waals surface area (Å²) >= 11 is 1.15. The highest BCUT2D eigenvalue weighted by atomic mass is 32.2. The van der Waals surface area contributed by atoms with Gasteiger partial charge in [-0.1, -0.05) is 23.9 Å². The van der Waals surface area contributed by atoms with E-state index in [2.05, 4.69) is 26.9 Å². The molecule has 3 rings (SSSR count). The van der Waals surface area contributed by atoms with Crippen molar-refractivity contribution in [2.75, 3.05) is 39.0 Å². The number of thioether (sulfide) groups is 1. The summed E-state index contributed by atoms with van der Waals surface area (Å²) in [7, 11) is 4.55. The van der Waals surface area contributed by atoms with Gasteiger partial charge in [-0.25, -0.2) is 10.4 Å². The molecule has 0 aliphatic rings. The van der Waals surface area contributed by atoms with Crippen LogP contribution >= 0.6 is 11.8 Å². The monoisotopic (exact) mass is 563 g/mol. The number of aromatic nitrogens is 1.